The summed E-state index contributed by atoms with van der Waals surface area (Å²) in [5.41, 5.74) is 14.6. The van der Waals surface area contributed by atoms with E-state index in [4.69, 9.17) is 0 Å². The average Bonchev–Trinajstić information content (AvgIpc) is 3.39. The van der Waals surface area contributed by atoms with Crippen molar-refractivity contribution < 1.29 is 0 Å². The Morgan fingerprint density at radius 1 is 0.152 bits per heavy atom. The van der Waals surface area contributed by atoms with Crippen LogP contribution >= 0.6 is 0 Å². The number of hydrogen-bond donors (Lipinski definition) is 0. The second kappa shape index (κ2) is 15.6. The third-order valence-corrected chi connectivity index (χ3v) is 13.8. The maximum atomic E-state index is 2.49. The van der Waals surface area contributed by atoms with Gasteiger partial charge in [-0.3, -0.25) is 0 Å². The first kappa shape index (κ1) is 37.9. The molecule has 0 aliphatic carbocycles. The molecule has 0 saturated carbocycles. The number of rotatable bonds is 6. The van der Waals surface area contributed by atoms with Crippen LogP contribution in [0.5, 0.6) is 0 Å². The summed E-state index contributed by atoms with van der Waals surface area (Å²) < 4.78 is 0. The zero-order valence-corrected chi connectivity index (χ0v) is 36.2. The third-order valence-electron chi connectivity index (χ3n) is 13.8. The van der Waals surface area contributed by atoms with Gasteiger partial charge in [0.2, 0.25) is 0 Å². The highest BCUT2D eigenvalue weighted by Crippen LogP contribution is 2.50. The van der Waals surface area contributed by atoms with E-state index in [0.717, 1.165) is 0 Å². The molecule has 0 radical (unpaired) electrons. The quantitative estimate of drug-likeness (QED) is 0.146. The van der Waals surface area contributed by atoms with Crippen molar-refractivity contribution in [2.75, 3.05) is 0 Å². The van der Waals surface area contributed by atoms with Gasteiger partial charge in [-0.05, 0) is 168 Å². The van der Waals surface area contributed by atoms with E-state index in [1.54, 1.807) is 0 Å². The van der Waals surface area contributed by atoms with Gasteiger partial charge >= 0.3 is 0 Å². The van der Waals surface area contributed by atoms with E-state index in [9.17, 15) is 0 Å². The molecule has 66 heavy (non-hydrogen) atoms. The van der Waals surface area contributed by atoms with Crippen molar-refractivity contribution in [3.8, 4) is 66.8 Å². The highest BCUT2D eigenvalue weighted by molar-refractivity contribution is 6.26. The van der Waals surface area contributed by atoms with E-state index in [2.05, 4.69) is 255 Å². The molecule has 0 aromatic heterocycles. The number of fused-ring (bicyclic) bond motifs is 7. The van der Waals surface area contributed by atoms with E-state index in [1.807, 2.05) is 0 Å². The van der Waals surface area contributed by atoms with Crippen LogP contribution < -0.4 is 0 Å². The largest absolute Gasteiger partial charge is 0.0622 e. The van der Waals surface area contributed by atoms with Crippen molar-refractivity contribution in [3.05, 3.63) is 255 Å². The van der Waals surface area contributed by atoms with Gasteiger partial charge in [-0.15, -0.1) is 0 Å². The predicted molar refractivity (Wildman–Crippen MR) is 284 cm³/mol. The zero-order chi connectivity index (χ0) is 43.6. The SMILES string of the molecule is c1ccc(-c2cc3ccccc3cc2-c2ccc3c(c2)c(-c2cccc4ccccc24)c(-c2cccc4ccccc24)c2cc(-c4cc5ccccc5cc4-c4ccccc4)ccc23)cc1. The van der Waals surface area contributed by atoms with Crippen LogP contribution in [0.4, 0.5) is 0 Å². The highest BCUT2D eigenvalue weighted by atomic mass is 14.3. The van der Waals surface area contributed by atoms with Crippen molar-refractivity contribution >= 4 is 64.6 Å². The molecule has 0 spiro atoms. The molecule has 13 aromatic rings. The van der Waals surface area contributed by atoms with E-state index < -0.39 is 0 Å². The van der Waals surface area contributed by atoms with Gasteiger partial charge in [-0.25, -0.2) is 0 Å². The van der Waals surface area contributed by atoms with Gasteiger partial charge in [0, 0.05) is 0 Å². The van der Waals surface area contributed by atoms with Crippen LogP contribution in [0.15, 0.2) is 255 Å². The van der Waals surface area contributed by atoms with Gasteiger partial charge < -0.3 is 0 Å². The van der Waals surface area contributed by atoms with Crippen molar-refractivity contribution in [1.29, 1.82) is 0 Å². The normalized spacial score (nSPS) is 11.6. The van der Waals surface area contributed by atoms with Crippen LogP contribution in [0.1, 0.15) is 0 Å². The van der Waals surface area contributed by atoms with E-state index in [-0.39, 0.29) is 0 Å². The average molecular weight is 835 g/mol. The van der Waals surface area contributed by atoms with Crippen molar-refractivity contribution in [2.24, 2.45) is 0 Å². The summed E-state index contributed by atoms with van der Waals surface area (Å²) in [5, 5.41) is 14.8. The van der Waals surface area contributed by atoms with E-state index >= 15 is 0 Å². The van der Waals surface area contributed by atoms with Crippen molar-refractivity contribution in [1.82, 2.24) is 0 Å². The summed E-state index contributed by atoms with van der Waals surface area (Å²) in [6.07, 6.45) is 0. The Labute approximate surface area is 384 Å². The van der Waals surface area contributed by atoms with Gasteiger partial charge in [0.05, 0.1) is 0 Å². The summed E-state index contributed by atoms with van der Waals surface area (Å²) in [4.78, 5) is 0. The van der Waals surface area contributed by atoms with Crippen LogP contribution in [0.25, 0.3) is 131 Å². The van der Waals surface area contributed by atoms with Gasteiger partial charge in [0.15, 0.2) is 0 Å². The lowest BCUT2D eigenvalue weighted by molar-refractivity contribution is 1.61. The molecule has 0 nitrogen and oxygen atoms in total. The van der Waals surface area contributed by atoms with Crippen LogP contribution in [0.3, 0.4) is 0 Å². The lowest BCUT2D eigenvalue weighted by Gasteiger charge is -2.23. The smallest absolute Gasteiger partial charge is 0.00137 e. The standard InChI is InChI=1S/C66H42/c1-3-17-45(18-4-1)59-37-47-23-7-9-25-49(47)39-61(59)51-33-35-55-56-36-34-52(62-40-50-26-10-8-24-48(50)38-60(62)46-19-5-2-6-20-46)42-64(56)66(58-32-16-28-44-22-12-14-30-54(44)58)65(63(55)41-51)57-31-15-27-43-21-11-13-29-53(43)57/h1-42H. The Morgan fingerprint density at radius 2 is 0.470 bits per heavy atom. The second-order valence-corrected chi connectivity index (χ2v) is 17.5. The third kappa shape index (κ3) is 6.30. The molecule has 0 aliphatic rings. The van der Waals surface area contributed by atoms with Crippen molar-refractivity contribution in [2.45, 2.75) is 0 Å². The first-order chi connectivity index (χ1) is 32.7. The number of benzene rings is 13. The Hall–Kier alpha value is -8.58. The minimum atomic E-state index is 1.19. The topological polar surface area (TPSA) is 0 Å². The van der Waals surface area contributed by atoms with E-state index in [1.165, 1.54) is 131 Å². The van der Waals surface area contributed by atoms with Gasteiger partial charge in [0.1, 0.15) is 0 Å². The maximum Gasteiger partial charge on any atom is -0.00137 e. The monoisotopic (exact) mass is 834 g/mol. The fourth-order valence-electron chi connectivity index (χ4n) is 10.7. The molecule has 0 heteroatoms. The molecule has 306 valence electrons. The van der Waals surface area contributed by atoms with Gasteiger partial charge in [-0.1, -0.05) is 218 Å². The summed E-state index contributed by atoms with van der Waals surface area (Å²) in [7, 11) is 0. The predicted octanol–water partition coefficient (Wildman–Crippen LogP) is 18.6. The molecule has 0 unspecified atom stereocenters. The molecular weight excluding hydrogens is 793 g/mol. The van der Waals surface area contributed by atoms with Gasteiger partial charge in [-0.2, -0.15) is 0 Å². The fraction of sp³-hybridized carbons (Fsp3) is 0. The molecule has 0 atom stereocenters. The van der Waals surface area contributed by atoms with Crippen LogP contribution in [-0.4, -0.2) is 0 Å². The Balaban J connectivity index is 1.19. The summed E-state index contributed by atoms with van der Waals surface area (Å²) in [5.74, 6) is 0. The molecule has 0 bridgehead atoms. The molecule has 0 fully saturated rings. The minimum Gasteiger partial charge on any atom is -0.0622 e. The van der Waals surface area contributed by atoms with Crippen LogP contribution in [0, 0.1) is 0 Å². The Kier molecular flexibility index (Phi) is 8.96. The second-order valence-electron chi connectivity index (χ2n) is 17.5. The molecule has 13 aromatic carbocycles. The molecular formula is C66H42. The molecule has 13 rings (SSSR count). The fourth-order valence-corrected chi connectivity index (χ4v) is 10.7. The molecule has 0 amide bonds. The Morgan fingerprint density at radius 3 is 0.864 bits per heavy atom. The molecule has 0 N–H and O–H groups in total. The van der Waals surface area contributed by atoms with Crippen LogP contribution in [-0.2, 0) is 0 Å². The van der Waals surface area contributed by atoms with Crippen LogP contribution in [0.2, 0.25) is 0 Å². The summed E-state index contributed by atoms with van der Waals surface area (Å²) >= 11 is 0. The summed E-state index contributed by atoms with van der Waals surface area (Å²) in [6, 6.07) is 94.6. The lowest BCUT2D eigenvalue weighted by Crippen LogP contribution is -1.95. The lowest BCUT2D eigenvalue weighted by atomic mass is 9.80. The highest BCUT2D eigenvalue weighted by Gasteiger charge is 2.23. The van der Waals surface area contributed by atoms with E-state index in [0.29, 0.717) is 0 Å². The number of hydrogen-bond acceptors (Lipinski definition) is 0. The molecule has 0 saturated heterocycles. The molecule has 0 aliphatic heterocycles. The van der Waals surface area contributed by atoms with Gasteiger partial charge in [0.25, 0.3) is 0 Å². The maximum absolute atomic E-state index is 2.49. The van der Waals surface area contributed by atoms with Crippen molar-refractivity contribution in [3.63, 3.8) is 0 Å². The zero-order valence-electron chi connectivity index (χ0n) is 36.2. The summed E-state index contributed by atoms with van der Waals surface area (Å²) in [6.45, 7) is 0. The first-order valence-electron chi connectivity index (χ1n) is 22.9. The Bertz CT molecular complexity index is 3750. The first-order valence-corrected chi connectivity index (χ1v) is 22.9. The molecule has 0 heterocycles. The minimum absolute atomic E-state index is 1.19.